The van der Waals surface area contributed by atoms with Crippen molar-refractivity contribution in [3.05, 3.63) is 18.2 Å². The van der Waals surface area contributed by atoms with Crippen LogP contribution in [-0.2, 0) is 14.3 Å². The molecule has 2 saturated carbocycles. The Morgan fingerprint density at radius 3 is 2.64 bits per heavy atom. The van der Waals surface area contributed by atoms with Crippen LogP contribution in [0.3, 0.4) is 0 Å². The fourth-order valence-corrected chi connectivity index (χ4v) is 3.56. The molecular formula is C19H23NO5. The predicted molar refractivity (Wildman–Crippen MR) is 90.4 cm³/mol. The van der Waals surface area contributed by atoms with Gasteiger partial charge in [-0.1, -0.05) is 13.3 Å². The number of esters is 1. The van der Waals surface area contributed by atoms with Gasteiger partial charge in [0.25, 0.3) is 11.7 Å². The van der Waals surface area contributed by atoms with Crippen molar-refractivity contribution >= 4 is 17.6 Å². The van der Waals surface area contributed by atoms with E-state index in [0.29, 0.717) is 23.1 Å². The van der Waals surface area contributed by atoms with Gasteiger partial charge in [0.2, 0.25) is 0 Å². The van der Waals surface area contributed by atoms with Crippen molar-refractivity contribution in [3.63, 3.8) is 0 Å². The molecule has 0 bridgehead atoms. The van der Waals surface area contributed by atoms with E-state index in [4.69, 9.17) is 14.2 Å². The van der Waals surface area contributed by atoms with Crippen molar-refractivity contribution in [2.24, 2.45) is 11.8 Å². The molecule has 0 radical (unpaired) electrons. The van der Waals surface area contributed by atoms with E-state index in [-0.39, 0.29) is 24.4 Å². The van der Waals surface area contributed by atoms with Crippen LogP contribution in [0, 0.1) is 11.8 Å². The molecule has 0 saturated heterocycles. The molecule has 2 fully saturated rings. The van der Waals surface area contributed by atoms with Gasteiger partial charge in [-0.05, 0) is 37.3 Å². The smallest absolute Gasteiger partial charge is 0.309 e. The minimum absolute atomic E-state index is 0.0370. The van der Waals surface area contributed by atoms with Crippen LogP contribution < -0.4 is 14.8 Å². The molecular weight excluding hydrogens is 322 g/mol. The summed E-state index contributed by atoms with van der Waals surface area (Å²) in [5.41, 5.74) is 0.607. The Bertz CT molecular complexity index is 695. The maximum atomic E-state index is 12.0. The lowest BCUT2D eigenvalue weighted by Crippen LogP contribution is -2.40. The van der Waals surface area contributed by atoms with Crippen LogP contribution in [0.5, 0.6) is 11.5 Å². The van der Waals surface area contributed by atoms with Crippen molar-refractivity contribution in [2.45, 2.75) is 51.2 Å². The summed E-state index contributed by atoms with van der Waals surface area (Å²) in [5.74, 6) is 0.541. The number of anilines is 1. The van der Waals surface area contributed by atoms with Crippen LogP contribution in [0.2, 0.25) is 0 Å². The highest BCUT2D eigenvalue weighted by Gasteiger charge is 2.42. The summed E-state index contributed by atoms with van der Waals surface area (Å²) in [7, 11) is 0. The van der Waals surface area contributed by atoms with E-state index in [9.17, 15) is 9.59 Å². The molecule has 1 aromatic carbocycles. The first-order valence-corrected chi connectivity index (χ1v) is 9.03. The third kappa shape index (κ3) is 3.43. The Morgan fingerprint density at radius 1 is 1.20 bits per heavy atom. The van der Waals surface area contributed by atoms with Crippen LogP contribution in [0.4, 0.5) is 5.69 Å². The second kappa shape index (κ2) is 6.24. The van der Waals surface area contributed by atoms with Crippen molar-refractivity contribution < 1.29 is 23.8 Å². The Kier molecular flexibility index (Phi) is 4.06. The lowest BCUT2D eigenvalue weighted by molar-refractivity contribution is -0.148. The molecule has 25 heavy (non-hydrogen) atoms. The fraction of sp³-hybridized carbons (Fsp3) is 0.579. The third-order valence-electron chi connectivity index (χ3n) is 5.19. The quantitative estimate of drug-likeness (QED) is 0.848. The molecule has 6 heteroatoms. The molecule has 4 rings (SSSR count). The second-order valence-corrected chi connectivity index (χ2v) is 7.31. The molecule has 2 aliphatic carbocycles. The summed E-state index contributed by atoms with van der Waals surface area (Å²) in [5, 5.41) is 2.74. The first-order chi connectivity index (χ1) is 12.0. The van der Waals surface area contributed by atoms with E-state index in [1.165, 1.54) is 6.42 Å². The molecule has 0 unspecified atom stereocenters. The third-order valence-corrected chi connectivity index (χ3v) is 5.19. The lowest BCUT2D eigenvalue weighted by Gasteiger charge is -2.31. The SMILES string of the molecule is C[C@H]1C[C@H]1C(=O)OCC(=O)Nc1ccc2c(c1)OC1(CCCCC1)O2. The lowest BCUT2D eigenvalue weighted by atomic mass is 9.94. The molecule has 134 valence electrons. The summed E-state index contributed by atoms with van der Waals surface area (Å²) in [6.07, 6.45) is 6.04. The Balaban J connectivity index is 1.33. The molecule has 2 atom stereocenters. The minimum Gasteiger partial charge on any atom is -0.455 e. The first kappa shape index (κ1) is 16.2. The number of carbonyl (C=O) groups excluding carboxylic acids is 2. The summed E-state index contributed by atoms with van der Waals surface area (Å²) >= 11 is 0. The highest BCUT2D eigenvalue weighted by molar-refractivity contribution is 5.93. The number of amides is 1. The largest absolute Gasteiger partial charge is 0.455 e. The van der Waals surface area contributed by atoms with Gasteiger partial charge in [0.15, 0.2) is 18.1 Å². The Hall–Kier alpha value is -2.24. The monoisotopic (exact) mass is 345 g/mol. The number of fused-ring (bicyclic) bond motifs is 1. The van der Waals surface area contributed by atoms with Gasteiger partial charge in [-0.3, -0.25) is 9.59 Å². The van der Waals surface area contributed by atoms with Crippen molar-refractivity contribution in [1.82, 2.24) is 0 Å². The van der Waals surface area contributed by atoms with E-state index in [2.05, 4.69) is 5.32 Å². The first-order valence-electron chi connectivity index (χ1n) is 9.03. The van der Waals surface area contributed by atoms with Gasteiger partial charge in [0, 0.05) is 24.6 Å². The van der Waals surface area contributed by atoms with Crippen molar-refractivity contribution in [3.8, 4) is 11.5 Å². The topological polar surface area (TPSA) is 73.9 Å². The summed E-state index contributed by atoms with van der Waals surface area (Å²) < 4.78 is 17.1. The van der Waals surface area contributed by atoms with E-state index in [1.807, 2.05) is 13.0 Å². The van der Waals surface area contributed by atoms with Crippen LogP contribution in [0.25, 0.3) is 0 Å². The highest BCUT2D eigenvalue weighted by atomic mass is 16.7. The van der Waals surface area contributed by atoms with E-state index < -0.39 is 5.79 Å². The number of rotatable bonds is 4. The zero-order valence-corrected chi connectivity index (χ0v) is 14.4. The minimum atomic E-state index is -0.528. The molecule has 1 N–H and O–H groups in total. The van der Waals surface area contributed by atoms with Crippen LogP contribution in [-0.4, -0.2) is 24.3 Å². The van der Waals surface area contributed by atoms with Gasteiger partial charge in [-0.2, -0.15) is 0 Å². The number of benzene rings is 1. The van der Waals surface area contributed by atoms with E-state index >= 15 is 0 Å². The number of hydrogen-bond acceptors (Lipinski definition) is 5. The maximum absolute atomic E-state index is 12.0. The summed E-state index contributed by atoms with van der Waals surface area (Å²) in [4.78, 5) is 23.6. The normalized spacial score (nSPS) is 25.5. The van der Waals surface area contributed by atoms with E-state index in [0.717, 1.165) is 32.1 Å². The molecule has 1 aliphatic heterocycles. The molecule has 1 amide bonds. The van der Waals surface area contributed by atoms with Crippen molar-refractivity contribution in [1.29, 1.82) is 0 Å². The van der Waals surface area contributed by atoms with Gasteiger partial charge in [-0.25, -0.2) is 0 Å². The van der Waals surface area contributed by atoms with Crippen molar-refractivity contribution in [2.75, 3.05) is 11.9 Å². The standard InChI is InChI=1S/C19H23NO5/c1-12-9-14(12)18(22)23-11-17(21)20-13-5-6-15-16(10-13)25-19(24-15)7-3-2-4-8-19/h5-6,10,12,14H,2-4,7-9,11H2,1H3,(H,20,21)/t12-,14+/m0/s1. The molecule has 1 aromatic rings. The van der Waals surface area contributed by atoms with Gasteiger partial charge in [0.05, 0.1) is 5.92 Å². The zero-order chi connectivity index (χ0) is 17.4. The average Bonchev–Trinajstić information content (AvgIpc) is 3.23. The summed E-state index contributed by atoms with van der Waals surface area (Å²) in [6, 6.07) is 5.35. The summed E-state index contributed by atoms with van der Waals surface area (Å²) in [6.45, 7) is 1.73. The van der Waals surface area contributed by atoms with Gasteiger partial charge in [-0.15, -0.1) is 0 Å². The highest BCUT2D eigenvalue weighted by Crippen LogP contribution is 2.46. The van der Waals surface area contributed by atoms with Crippen LogP contribution in [0.1, 0.15) is 45.4 Å². The van der Waals surface area contributed by atoms with E-state index in [1.54, 1.807) is 12.1 Å². The average molecular weight is 345 g/mol. The Labute approximate surface area is 146 Å². The zero-order valence-electron chi connectivity index (χ0n) is 14.4. The molecule has 3 aliphatic rings. The number of carbonyl (C=O) groups is 2. The predicted octanol–water partition coefficient (Wildman–Crippen LogP) is 3.26. The van der Waals surface area contributed by atoms with Crippen LogP contribution in [0.15, 0.2) is 18.2 Å². The molecule has 6 nitrogen and oxygen atoms in total. The van der Waals surface area contributed by atoms with Gasteiger partial charge >= 0.3 is 5.97 Å². The molecule has 1 heterocycles. The van der Waals surface area contributed by atoms with Gasteiger partial charge in [0.1, 0.15) is 0 Å². The number of ether oxygens (including phenoxy) is 3. The van der Waals surface area contributed by atoms with Gasteiger partial charge < -0.3 is 19.5 Å². The van der Waals surface area contributed by atoms with Crippen LogP contribution >= 0.6 is 0 Å². The fourth-order valence-electron chi connectivity index (χ4n) is 3.56. The number of hydrogen-bond donors (Lipinski definition) is 1. The maximum Gasteiger partial charge on any atom is 0.309 e. The Morgan fingerprint density at radius 2 is 1.92 bits per heavy atom. The molecule has 1 spiro atoms. The second-order valence-electron chi connectivity index (χ2n) is 7.31. The number of nitrogens with one attached hydrogen (secondary N) is 1. The molecule has 0 aromatic heterocycles.